The molecule has 1 aliphatic heterocycles. The lowest BCUT2D eigenvalue weighted by Gasteiger charge is -2.41. The summed E-state index contributed by atoms with van der Waals surface area (Å²) in [7, 11) is 0. The number of aryl methyl sites for hydroxylation is 2. The molecule has 1 aliphatic rings. The highest BCUT2D eigenvalue weighted by Gasteiger charge is 2.37. The van der Waals surface area contributed by atoms with E-state index in [9.17, 15) is 14.7 Å². The van der Waals surface area contributed by atoms with Gasteiger partial charge in [0.2, 0.25) is 0 Å². The maximum Gasteiger partial charge on any atom is 0.412 e. The minimum atomic E-state index is -1.03. The normalized spacial score (nSPS) is 16.3. The zero-order valence-corrected chi connectivity index (χ0v) is 16.8. The van der Waals surface area contributed by atoms with Crippen LogP contribution in [0, 0.1) is 13.8 Å². The van der Waals surface area contributed by atoms with Crippen LogP contribution in [0.5, 0.6) is 0 Å². The highest BCUT2D eigenvalue weighted by Crippen LogP contribution is 2.40. The number of benzene rings is 2. The first-order valence-electron chi connectivity index (χ1n) is 8.65. The Hall–Kier alpha value is -2.24. The molecule has 1 N–H and O–H groups in total. The molecule has 7 heteroatoms. The molecule has 0 saturated carbocycles. The molecule has 2 amide bonds. The van der Waals surface area contributed by atoms with Gasteiger partial charge in [-0.05, 0) is 55.7 Å². The fourth-order valence-electron chi connectivity index (χ4n) is 3.38. The second-order valence-electron chi connectivity index (χ2n) is 6.65. The lowest BCUT2D eigenvalue weighted by atomic mass is 9.99. The smallest absolute Gasteiger partial charge is 0.412 e. The molecule has 27 heavy (non-hydrogen) atoms. The molecular formula is C20H20Cl2N2O3. The third-order valence-electron chi connectivity index (χ3n) is 5.00. The molecule has 0 bridgehead atoms. The van der Waals surface area contributed by atoms with E-state index in [1.807, 2.05) is 32.9 Å². The highest BCUT2D eigenvalue weighted by atomic mass is 35.5. The summed E-state index contributed by atoms with van der Waals surface area (Å²) in [6.45, 7) is 5.98. The van der Waals surface area contributed by atoms with Gasteiger partial charge in [0, 0.05) is 6.54 Å². The quantitative estimate of drug-likeness (QED) is 0.712. The summed E-state index contributed by atoms with van der Waals surface area (Å²) < 4.78 is 0. The second kappa shape index (κ2) is 7.41. The molecule has 0 fully saturated rings. The number of hydrogen-bond acceptors (Lipinski definition) is 2. The monoisotopic (exact) mass is 406 g/mol. The maximum atomic E-state index is 13.3. The summed E-state index contributed by atoms with van der Waals surface area (Å²) in [5.74, 6) is -0.335. The van der Waals surface area contributed by atoms with Crippen molar-refractivity contribution in [3.63, 3.8) is 0 Å². The van der Waals surface area contributed by atoms with Gasteiger partial charge < -0.3 is 10.0 Å². The van der Waals surface area contributed by atoms with Crippen molar-refractivity contribution >= 4 is 46.6 Å². The van der Waals surface area contributed by atoms with E-state index in [2.05, 4.69) is 0 Å². The van der Waals surface area contributed by atoms with Crippen LogP contribution in [0.2, 0.25) is 10.0 Å². The molecule has 0 saturated heterocycles. The standard InChI is InChI=1S/C20H20Cl2N2O3/c1-4-13-10-23(19(25)18-14(21)6-5-7-15(18)22)16-8-11(2)12(3)9-17(16)24(13)20(26)27/h5-9,13H,4,10H2,1-3H3,(H,26,27). The Morgan fingerprint density at radius 1 is 1.11 bits per heavy atom. The van der Waals surface area contributed by atoms with Crippen LogP contribution in [0.15, 0.2) is 30.3 Å². The van der Waals surface area contributed by atoms with Crippen molar-refractivity contribution in [3.05, 3.63) is 57.1 Å². The summed E-state index contributed by atoms with van der Waals surface area (Å²) in [4.78, 5) is 28.2. The van der Waals surface area contributed by atoms with E-state index in [1.54, 1.807) is 23.1 Å². The van der Waals surface area contributed by atoms with Gasteiger partial charge in [-0.15, -0.1) is 0 Å². The van der Waals surface area contributed by atoms with E-state index < -0.39 is 6.09 Å². The van der Waals surface area contributed by atoms with Crippen LogP contribution < -0.4 is 9.80 Å². The molecule has 2 aromatic carbocycles. The first-order valence-corrected chi connectivity index (χ1v) is 9.41. The predicted molar refractivity (Wildman–Crippen MR) is 109 cm³/mol. The Morgan fingerprint density at radius 2 is 1.67 bits per heavy atom. The molecule has 1 unspecified atom stereocenters. The zero-order chi connectivity index (χ0) is 19.9. The van der Waals surface area contributed by atoms with E-state index in [1.165, 1.54) is 4.90 Å². The fourth-order valence-corrected chi connectivity index (χ4v) is 3.94. The van der Waals surface area contributed by atoms with Crippen LogP contribution in [0.3, 0.4) is 0 Å². The van der Waals surface area contributed by atoms with Crippen LogP contribution in [0.1, 0.15) is 34.8 Å². The number of rotatable bonds is 2. The topological polar surface area (TPSA) is 60.9 Å². The fraction of sp³-hybridized carbons (Fsp3) is 0.300. The van der Waals surface area contributed by atoms with Crippen LogP contribution in [-0.4, -0.2) is 29.7 Å². The number of amides is 2. The molecule has 3 rings (SSSR count). The number of anilines is 2. The molecule has 1 atom stereocenters. The molecule has 0 spiro atoms. The van der Waals surface area contributed by atoms with Crippen LogP contribution in [-0.2, 0) is 0 Å². The minimum absolute atomic E-state index is 0.226. The SMILES string of the molecule is CCC1CN(C(=O)c2c(Cl)cccc2Cl)c2cc(C)c(C)cc2N1C(=O)O. The van der Waals surface area contributed by atoms with E-state index in [-0.39, 0.29) is 34.1 Å². The third kappa shape index (κ3) is 3.37. The number of halogens is 2. The van der Waals surface area contributed by atoms with Gasteiger partial charge in [-0.25, -0.2) is 4.79 Å². The van der Waals surface area contributed by atoms with Crippen molar-refractivity contribution in [1.82, 2.24) is 0 Å². The molecular weight excluding hydrogens is 387 g/mol. The summed E-state index contributed by atoms with van der Waals surface area (Å²) in [6, 6.07) is 8.21. The van der Waals surface area contributed by atoms with Gasteiger partial charge in [0.25, 0.3) is 5.91 Å². The summed E-state index contributed by atoms with van der Waals surface area (Å²) in [5, 5.41) is 10.3. The lowest BCUT2D eigenvalue weighted by Crippen LogP contribution is -2.52. The van der Waals surface area contributed by atoms with Crippen LogP contribution in [0.25, 0.3) is 0 Å². The number of carbonyl (C=O) groups is 2. The molecule has 0 radical (unpaired) electrons. The number of fused-ring (bicyclic) bond motifs is 1. The van der Waals surface area contributed by atoms with Gasteiger partial charge in [0.15, 0.2) is 0 Å². The first-order chi connectivity index (χ1) is 12.8. The number of nitrogens with zero attached hydrogens (tertiary/aromatic N) is 2. The van der Waals surface area contributed by atoms with E-state index >= 15 is 0 Å². The van der Waals surface area contributed by atoms with Gasteiger partial charge in [0.1, 0.15) is 0 Å². The molecule has 142 valence electrons. The summed E-state index contributed by atoms with van der Waals surface area (Å²) in [6.07, 6.45) is -0.465. The molecule has 0 aliphatic carbocycles. The van der Waals surface area contributed by atoms with Crippen molar-refractivity contribution in [2.75, 3.05) is 16.3 Å². The van der Waals surface area contributed by atoms with Crippen molar-refractivity contribution in [3.8, 4) is 0 Å². The Bertz CT molecular complexity index is 909. The Morgan fingerprint density at radius 3 is 2.19 bits per heavy atom. The maximum absolute atomic E-state index is 13.3. The summed E-state index contributed by atoms with van der Waals surface area (Å²) in [5.41, 5.74) is 3.20. The number of carboxylic acid groups (broad SMARTS) is 1. The largest absolute Gasteiger partial charge is 0.465 e. The van der Waals surface area contributed by atoms with Gasteiger partial charge in [-0.1, -0.05) is 36.2 Å². The van der Waals surface area contributed by atoms with Gasteiger partial charge in [-0.2, -0.15) is 0 Å². The Kier molecular flexibility index (Phi) is 5.36. The third-order valence-corrected chi connectivity index (χ3v) is 5.63. The molecule has 2 aromatic rings. The van der Waals surface area contributed by atoms with E-state index in [0.29, 0.717) is 17.8 Å². The van der Waals surface area contributed by atoms with Crippen molar-refractivity contribution in [1.29, 1.82) is 0 Å². The molecule has 1 heterocycles. The van der Waals surface area contributed by atoms with Crippen molar-refractivity contribution in [2.45, 2.75) is 33.2 Å². The van der Waals surface area contributed by atoms with Gasteiger partial charge in [0.05, 0.1) is 33.0 Å². The molecule has 0 aromatic heterocycles. The lowest BCUT2D eigenvalue weighted by molar-refractivity contribution is 0.0983. The number of hydrogen-bond donors (Lipinski definition) is 1. The van der Waals surface area contributed by atoms with Gasteiger partial charge >= 0.3 is 6.09 Å². The van der Waals surface area contributed by atoms with Crippen LogP contribution in [0.4, 0.5) is 16.2 Å². The molecule has 5 nitrogen and oxygen atoms in total. The second-order valence-corrected chi connectivity index (χ2v) is 7.47. The number of carbonyl (C=O) groups excluding carboxylic acids is 1. The first kappa shape index (κ1) is 19.5. The average molecular weight is 407 g/mol. The van der Waals surface area contributed by atoms with Crippen molar-refractivity contribution < 1.29 is 14.7 Å². The average Bonchev–Trinajstić information content (AvgIpc) is 2.61. The van der Waals surface area contributed by atoms with E-state index in [0.717, 1.165) is 11.1 Å². The Labute approximate surface area is 168 Å². The van der Waals surface area contributed by atoms with E-state index in [4.69, 9.17) is 23.2 Å². The zero-order valence-electron chi connectivity index (χ0n) is 15.3. The predicted octanol–water partition coefficient (Wildman–Crippen LogP) is 5.53. The van der Waals surface area contributed by atoms with Crippen LogP contribution >= 0.6 is 23.2 Å². The van der Waals surface area contributed by atoms with Gasteiger partial charge in [-0.3, -0.25) is 9.69 Å². The summed E-state index contributed by atoms with van der Waals surface area (Å²) >= 11 is 12.5. The van der Waals surface area contributed by atoms with Crippen molar-refractivity contribution in [2.24, 2.45) is 0 Å². The highest BCUT2D eigenvalue weighted by molar-refractivity contribution is 6.40. The minimum Gasteiger partial charge on any atom is -0.465 e. The Balaban J connectivity index is 2.20.